The van der Waals surface area contributed by atoms with Crippen molar-refractivity contribution < 1.29 is 9.13 Å². The summed E-state index contributed by atoms with van der Waals surface area (Å²) in [5.41, 5.74) is 1.53. The van der Waals surface area contributed by atoms with Crippen LogP contribution in [0, 0.1) is 5.82 Å². The number of alkyl halides is 1. The number of aryl methyl sites for hydroxylation is 1. The van der Waals surface area contributed by atoms with E-state index >= 15 is 0 Å². The molecule has 0 amide bonds. The summed E-state index contributed by atoms with van der Waals surface area (Å²) in [5, 5.41) is 0. The molecular weight excluding hydrogens is 291 g/mol. The average molecular weight is 311 g/mol. The average Bonchev–Trinajstić information content (AvgIpc) is 2.75. The van der Waals surface area contributed by atoms with Gasteiger partial charge in [-0.3, -0.25) is 0 Å². The predicted molar refractivity (Wildman–Crippen MR) is 82.4 cm³/mol. The number of aromatic nitrogens is 2. The summed E-state index contributed by atoms with van der Waals surface area (Å²) < 4.78 is 21.6. The van der Waals surface area contributed by atoms with Crippen LogP contribution in [0.5, 0.6) is 0 Å². The molecule has 0 bridgehead atoms. The summed E-state index contributed by atoms with van der Waals surface area (Å²) >= 11 is 5.91. The van der Waals surface area contributed by atoms with Gasteiger partial charge < -0.3 is 9.30 Å². The van der Waals surface area contributed by atoms with Gasteiger partial charge in [0.05, 0.1) is 16.6 Å². The highest BCUT2D eigenvalue weighted by molar-refractivity contribution is 6.17. The van der Waals surface area contributed by atoms with Gasteiger partial charge in [0.2, 0.25) is 0 Å². The van der Waals surface area contributed by atoms with Crippen molar-refractivity contribution in [1.29, 1.82) is 0 Å². The number of fused-ring (bicyclic) bond motifs is 1. The molecule has 3 nitrogen and oxygen atoms in total. The topological polar surface area (TPSA) is 27.1 Å². The zero-order chi connectivity index (χ0) is 15.0. The second kappa shape index (κ2) is 5.58. The summed E-state index contributed by atoms with van der Waals surface area (Å²) in [6, 6.07) is 5.04. The second-order valence-electron chi connectivity index (χ2n) is 6.22. The number of rotatable bonds is 3. The highest BCUT2D eigenvalue weighted by atomic mass is 35.5. The van der Waals surface area contributed by atoms with Gasteiger partial charge in [-0.2, -0.15) is 0 Å². The van der Waals surface area contributed by atoms with Crippen molar-refractivity contribution >= 4 is 22.6 Å². The van der Waals surface area contributed by atoms with Crippen LogP contribution in [0.15, 0.2) is 18.2 Å². The Morgan fingerprint density at radius 3 is 3.00 bits per heavy atom. The Labute approximate surface area is 129 Å². The van der Waals surface area contributed by atoms with Crippen molar-refractivity contribution in [3.63, 3.8) is 0 Å². The number of halogens is 2. The van der Waals surface area contributed by atoms with Crippen LogP contribution in [-0.2, 0) is 11.2 Å². The van der Waals surface area contributed by atoms with Crippen LogP contribution in [-0.4, -0.2) is 27.6 Å². The number of hydrogen-bond donors (Lipinski definition) is 0. The van der Waals surface area contributed by atoms with Crippen molar-refractivity contribution in [2.45, 2.75) is 44.8 Å². The Kier molecular flexibility index (Phi) is 3.93. The highest BCUT2D eigenvalue weighted by Crippen LogP contribution is 2.35. The number of nitrogens with zero attached hydrogens (tertiary/aromatic N) is 2. The second-order valence-corrected chi connectivity index (χ2v) is 6.60. The van der Waals surface area contributed by atoms with Gasteiger partial charge in [-0.1, -0.05) is 0 Å². The number of ether oxygens (including phenoxy) is 1. The minimum absolute atomic E-state index is 0.162. The van der Waals surface area contributed by atoms with E-state index in [9.17, 15) is 4.39 Å². The lowest BCUT2D eigenvalue weighted by Crippen LogP contribution is -2.35. The summed E-state index contributed by atoms with van der Waals surface area (Å²) in [5.74, 6) is 1.22. The fourth-order valence-electron chi connectivity index (χ4n) is 3.20. The molecule has 5 heteroatoms. The van der Waals surface area contributed by atoms with E-state index in [1.165, 1.54) is 6.07 Å². The molecule has 1 aromatic heterocycles. The molecule has 1 fully saturated rings. The summed E-state index contributed by atoms with van der Waals surface area (Å²) in [7, 11) is 0. The zero-order valence-electron chi connectivity index (χ0n) is 12.4. The van der Waals surface area contributed by atoms with E-state index in [4.69, 9.17) is 16.3 Å². The van der Waals surface area contributed by atoms with E-state index in [0.29, 0.717) is 18.9 Å². The van der Waals surface area contributed by atoms with Crippen LogP contribution < -0.4 is 0 Å². The molecule has 0 radical (unpaired) electrons. The molecule has 2 aromatic rings. The Balaban J connectivity index is 2.09. The van der Waals surface area contributed by atoms with Crippen molar-refractivity contribution in [2.75, 3.05) is 12.5 Å². The summed E-state index contributed by atoms with van der Waals surface area (Å²) in [6.45, 7) is 4.91. The molecule has 0 aliphatic carbocycles. The first-order valence-corrected chi connectivity index (χ1v) is 7.90. The first-order chi connectivity index (χ1) is 10.00. The summed E-state index contributed by atoms with van der Waals surface area (Å²) in [4.78, 5) is 4.64. The van der Waals surface area contributed by atoms with Crippen molar-refractivity contribution in [2.24, 2.45) is 0 Å². The lowest BCUT2D eigenvalue weighted by molar-refractivity contribution is -0.0688. The van der Waals surface area contributed by atoms with Crippen LogP contribution in [0.1, 0.15) is 38.6 Å². The van der Waals surface area contributed by atoms with Gasteiger partial charge >= 0.3 is 0 Å². The Hall–Kier alpha value is -1.13. The number of hydrogen-bond acceptors (Lipinski definition) is 2. The van der Waals surface area contributed by atoms with E-state index in [1.807, 2.05) is 0 Å². The zero-order valence-corrected chi connectivity index (χ0v) is 13.2. The van der Waals surface area contributed by atoms with Crippen molar-refractivity contribution in [3.8, 4) is 0 Å². The third-order valence-corrected chi connectivity index (χ3v) is 4.27. The van der Waals surface area contributed by atoms with Crippen LogP contribution in [0.2, 0.25) is 0 Å². The Morgan fingerprint density at radius 2 is 2.29 bits per heavy atom. The quantitative estimate of drug-likeness (QED) is 0.799. The van der Waals surface area contributed by atoms with Gasteiger partial charge in [0.1, 0.15) is 11.6 Å². The lowest BCUT2D eigenvalue weighted by atomic mass is 9.93. The van der Waals surface area contributed by atoms with Gasteiger partial charge in [-0.15, -0.1) is 11.6 Å². The van der Waals surface area contributed by atoms with Crippen LogP contribution >= 0.6 is 11.6 Å². The third kappa shape index (κ3) is 2.92. The van der Waals surface area contributed by atoms with Crippen molar-refractivity contribution in [1.82, 2.24) is 9.55 Å². The normalized spacial score (nSPS) is 21.8. The number of imidazole rings is 1. The fourth-order valence-corrected chi connectivity index (χ4v) is 3.37. The molecular formula is C16H20ClFN2O. The van der Waals surface area contributed by atoms with E-state index in [2.05, 4.69) is 23.4 Å². The van der Waals surface area contributed by atoms with E-state index in [-0.39, 0.29) is 17.5 Å². The van der Waals surface area contributed by atoms with Gasteiger partial charge in [0, 0.05) is 24.9 Å². The van der Waals surface area contributed by atoms with Gasteiger partial charge in [-0.05, 0) is 44.9 Å². The molecule has 0 N–H and O–H groups in total. The minimum Gasteiger partial charge on any atom is -0.375 e. The minimum atomic E-state index is -0.229. The van der Waals surface area contributed by atoms with E-state index in [0.717, 1.165) is 29.7 Å². The van der Waals surface area contributed by atoms with Gasteiger partial charge in [0.15, 0.2) is 0 Å². The first-order valence-electron chi connectivity index (χ1n) is 7.36. The van der Waals surface area contributed by atoms with Crippen LogP contribution in [0.3, 0.4) is 0 Å². The Bertz CT molecular complexity index is 653. The largest absolute Gasteiger partial charge is 0.375 e. The SMILES string of the molecule is CC1(C)CC(n2c(CCCl)nc3ccc(F)cc32)CCO1. The van der Waals surface area contributed by atoms with Gasteiger partial charge in [-0.25, -0.2) is 9.37 Å². The molecule has 1 aliphatic rings. The molecule has 1 atom stereocenters. The monoisotopic (exact) mass is 310 g/mol. The first kappa shape index (κ1) is 14.8. The third-order valence-electron chi connectivity index (χ3n) is 4.08. The maximum Gasteiger partial charge on any atom is 0.125 e. The lowest BCUT2D eigenvalue weighted by Gasteiger charge is -2.37. The molecule has 114 valence electrons. The van der Waals surface area contributed by atoms with E-state index < -0.39 is 0 Å². The highest BCUT2D eigenvalue weighted by Gasteiger charge is 2.31. The van der Waals surface area contributed by atoms with E-state index in [1.54, 1.807) is 12.1 Å². The molecule has 1 saturated heterocycles. The predicted octanol–water partition coefficient (Wildman–Crippen LogP) is 4.09. The standard InChI is InChI=1S/C16H20ClFN2O/c1-16(2)10-12(6-8-21-16)20-14-9-11(18)3-4-13(14)19-15(20)5-7-17/h3-4,9,12H,5-8,10H2,1-2H3. The smallest absolute Gasteiger partial charge is 0.125 e. The Morgan fingerprint density at radius 1 is 1.48 bits per heavy atom. The van der Waals surface area contributed by atoms with Crippen LogP contribution in [0.4, 0.5) is 4.39 Å². The molecule has 0 spiro atoms. The van der Waals surface area contributed by atoms with Crippen molar-refractivity contribution in [3.05, 3.63) is 29.8 Å². The molecule has 3 rings (SSSR count). The van der Waals surface area contributed by atoms with Gasteiger partial charge in [0.25, 0.3) is 0 Å². The molecule has 1 aromatic carbocycles. The fraction of sp³-hybridized carbons (Fsp3) is 0.562. The maximum atomic E-state index is 13.6. The molecule has 1 unspecified atom stereocenters. The summed E-state index contributed by atoms with van der Waals surface area (Å²) in [6.07, 6.45) is 2.50. The molecule has 0 saturated carbocycles. The molecule has 2 heterocycles. The van der Waals surface area contributed by atoms with Crippen LogP contribution in [0.25, 0.3) is 11.0 Å². The molecule has 1 aliphatic heterocycles. The molecule has 21 heavy (non-hydrogen) atoms. The maximum absolute atomic E-state index is 13.6. The number of benzene rings is 1.